The molecule has 0 saturated carbocycles. The van der Waals surface area contributed by atoms with Crippen LogP contribution in [-0.4, -0.2) is 53.7 Å². The molecule has 4 rings (SSSR count). The van der Waals surface area contributed by atoms with E-state index in [-0.39, 0.29) is 17.5 Å². The van der Waals surface area contributed by atoms with Crippen molar-refractivity contribution < 1.29 is 9.59 Å². The fourth-order valence-electron chi connectivity index (χ4n) is 3.83. The smallest absolute Gasteiger partial charge is 0.267 e. The number of halogens is 1. The second-order valence-electron chi connectivity index (χ2n) is 9.01. The SMILES string of the molecule is CN(C)CCCNC(=O)C(=Cc1cn(-c2ccccc2)nc1-c1ccc(Br)cc1)NC(=O)c1ccccc1. The first-order valence-electron chi connectivity index (χ1n) is 12.3. The standard InChI is InChI=1S/C30H30BrN5O2/c1-35(2)19-9-18-32-30(38)27(33-29(37)23-10-5-3-6-11-23)20-24-21-36(26-12-7-4-8-13-26)34-28(24)22-14-16-25(31)17-15-22/h3-8,10-17,20-21H,9,18-19H2,1-2H3,(H,32,38)(H,33,37). The number of rotatable bonds is 10. The molecule has 8 heteroatoms. The molecule has 4 aromatic rings. The highest BCUT2D eigenvalue weighted by Crippen LogP contribution is 2.27. The molecule has 0 saturated heterocycles. The molecule has 0 unspecified atom stereocenters. The van der Waals surface area contributed by atoms with Crippen molar-refractivity contribution in [2.75, 3.05) is 27.2 Å². The van der Waals surface area contributed by atoms with Gasteiger partial charge in [-0.1, -0.05) is 64.5 Å². The summed E-state index contributed by atoms with van der Waals surface area (Å²) >= 11 is 3.48. The highest BCUT2D eigenvalue weighted by atomic mass is 79.9. The number of nitrogens with zero attached hydrogens (tertiary/aromatic N) is 3. The van der Waals surface area contributed by atoms with E-state index in [2.05, 4.69) is 31.5 Å². The van der Waals surface area contributed by atoms with Gasteiger partial charge in [-0.3, -0.25) is 9.59 Å². The van der Waals surface area contributed by atoms with E-state index in [0.717, 1.165) is 28.7 Å². The molecule has 0 aliphatic carbocycles. The van der Waals surface area contributed by atoms with Gasteiger partial charge in [0.1, 0.15) is 11.4 Å². The first kappa shape index (κ1) is 27.0. The van der Waals surface area contributed by atoms with Crippen LogP contribution >= 0.6 is 15.9 Å². The first-order chi connectivity index (χ1) is 18.4. The highest BCUT2D eigenvalue weighted by Gasteiger charge is 2.18. The van der Waals surface area contributed by atoms with Crippen LogP contribution in [-0.2, 0) is 4.79 Å². The van der Waals surface area contributed by atoms with Gasteiger partial charge in [-0.05, 0) is 69.5 Å². The molecule has 3 aromatic carbocycles. The fourth-order valence-corrected chi connectivity index (χ4v) is 4.09. The van der Waals surface area contributed by atoms with E-state index in [1.54, 1.807) is 35.0 Å². The van der Waals surface area contributed by atoms with Gasteiger partial charge in [0, 0.05) is 33.9 Å². The Bertz CT molecular complexity index is 1400. The van der Waals surface area contributed by atoms with Gasteiger partial charge in [-0.15, -0.1) is 0 Å². The summed E-state index contributed by atoms with van der Waals surface area (Å²) in [6.07, 6.45) is 4.33. The molecule has 194 valence electrons. The molecule has 38 heavy (non-hydrogen) atoms. The van der Waals surface area contributed by atoms with Crippen molar-refractivity contribution in [3.8, 4) is 16.9 Å². The summed E-state index contributed by atoms with van der Waals surface area (Å²) in [4.78, 5) is 28.4. The number of carbonyl (C=O) groups excluding carboxylic acids is 2. The Morgan fingerprint density at radius 1 is 0.947 bits per heavy atom. The van der Waals surface area contributed by atoms with Crippen molar-refractivity contribution in [3.63, 3.8) is 0 Å². The molecule has 2 N–H and O–H groups in total. The summed E-state index contributed by atoms with van der Waals surface area (Å²) in [6, 6.07) is 26.4. The Hall–Kier alpha value is -4.01. The van der Waals surface area contributed by atoms with Gasteiger partial charge in [-0.2, -0.15) is 5.10 Å². The van der Waals surface area contributed by atoms with Gasteiger partial charge < -0.3 is 15.5 Å². The number of amides is 2. The largest absolute Gasteiger partial charge is 0.351 e. The summed E-state index contributed by atoms with van der Waals surface area (Å²) in [7, 11) is 3.97. The van der Waals surface area contributed by atoms with Crippen molar-refractivity contribution in [2.45, 2.75) is 6.42 Å². The van der Waals surface area contributed by atoms with Crippen LogP contribution in [0.15, 0.2) is 101 Å². The molecule has 0 aliphatic heterocycles. The quantitative estimate of drug-likeness (QED) is 0.204. The second kappa shape index (κ2) is 13.0. The van der Waals surface area contributed by atoms with E-state index < -0.39 is 0 Å². The lowest BCUT2D eigenvalue weighted by Gasteiger charge is -2.13. The van der Waals surface area contributed by atoms with E-state index in [0.29, 0.717) is 23.4 Å². The second-order valence-corrected chi connectivity index (χ2v) is 9.93. The van der Waals surface area contributed by atoms with E-state index in [9.17, 15) is 9.59 Å². The molecular formula is C30H30BrN5O2. The van der Waals surface area contributed by atoms with E-state index in [4.69, 9.17) is 5.10 Å². The summed E-state index contributed by atoms with van der Waals surface area (Å²) in [6.45, 7) is 1.33. The summed E-state index contributed by atoms with van der Waals surface area (Å²) in [5, 5.41) is 10.6. The molecule has 1 heterocycles. The van der Waals surface area contributed by atoms with Crippen molar-refractivity contribution >= 4 is 33.8 Å². The van der Waals surface area contributed by atoms with Gasteiger partial charge in [0.2, 0.25) is 0 Å². The van der Waals surface area contributed by atoms with Crippen molar-refractivity contribution in [2.24, 2.45) is 0 Å². The number of para-hydroxylation sites is 1. The molecule has 0 bridgehead atoms. The predicted molar refractivity (Wildman–Crippen MR) is 155 cm³/mol. The van der Waals surface area contributed by atoms with Crippen LogP contribution < -0.4 is 10.6 Å². The van der Waals surface area contributed by atoms with Gasteiger partial charge >= 0.3 is 0 Å². The van der Waals surface area contributed by atoms with Crippen molar-refractivity contribution in [3.05, 3.63) is 112 Å². The predicted octanol–water partition coefficient (Wildman–Crippen LogP) is 5.14. The Morgan fingerprint density at radius 2 is 1.61 bits per heavy atom. The normalized spacial score (nSPS) is 11.4. The van der Waals surface area contributed by atoms with Crippen LogP contribution in [0.4, 0.5) is 0 Å². The summed E-state index contributed by atoms with van der Waals surface area (Å²) < 4.78 is 2.73. The van der Waals surface area contributed by atoms with Crippen LogP contribution in [0, 0.1) is 0 Å². The number of hydrogen-bond donors (Lipinski definition) is 2. The number of hydrogen-bond acceptors (Lipinski definition) is 4. The molecular weight excluding hydrogens is 542 g/mol. The van der Waals surface area contributed by atoms with Crippen LogP contribution in [0.1, 0.15) is 22.3 Å². The Labute approximate surface area is 231 Å². The molecule has 0 spiro atoms. The maximum absolute atomic E-state index is 13.3. The van der Waals surface area contributed by atoms with Gasteiger partial charge in [0.05, 0.1) is 5.69 Å². The van der Waals surface area contributed by atoms with Crippen molar-refractivity contribution in [1.82, 2.24) is 25.3 Å². The average Bonchev–Trinajstić information content (AvgIpc) is 3.35. The maximum Gasteiger partial charge on any atom is 0.267 e. The van der Waals surface area contributed by atoms with Crippen LogP contribution in [0.25, 0.3) is 23.0 Å². The lowest BCUT2D eigenvalue weighted by Crippen LogP contribution is -2.36. The molecule has 0 radical (unpaired) electrons. The zero-order valence-corrected chi connectivity index (χ0v) is 23.0. The number of aromatic nitrogens is 2. The maximum atomic E-state index is 13.3. The zero-order chi connectivity index (χ0) is 26.9. The number of nitrogens with one attached hydrogen (secondary N) is 2. The third-order valence-electron chi connectivity index (χ3n) is 5.78. The minimum Gasteiger partial charge on any atom is -0.351 e. The van der Waals surface area contributed by atoms with Crippen LogP contribution in [0.3, 0.4) is 0 Å². The summed E-state index contributed by atoms with van der Waals surface area (Å²) in [5.74, 6) is -0.719. The molecule has 1 aromatic heterocycles. The first-order valence-corrected chi connectivity index (χ1v) is 13.1. The highest BCUT2D eigenvalue weighted by molar-refractivity contribution is 9.10. The Kier molecular flexibility index (Phi) is 9.24. The minimum absolute atomic E-state index is 0.148. The zero-order valence-electron chi connectivity index (χ0n) is 21.4. The van der Waals surface area contributed by atoms with E-state index >= 15 is 0 Å². The third-order valence-corrected chi connectivity index (χ3v) is 6.31. The van der Waals surface area contributed by atoms with E-state index in [1.807, 2.05) is 81.0 Å². The number of carbonyl (C=O) groups is 2. The van der Waals surface area contributed by atoms with Crippen LogP contribution in [0.5, 0.6) is 0 Å². The lowest BCUT2D eigenvalue weighted by molar-refractivity contribution is -0.117. The fraction of sp³-hybridized carbons (Fsp3) is 0.167. The topological polar surface area (TPSA) is 79.3 Å². The average molecular weight is 573 g/mol. The molecule has 0 fully saturated rings. The number of benzene rings is 3. The molecule has 0 atom stereocenters. The minimum atomic E-state index is -0.360. The van der Waals surface area contributed by atoms with Gasteiger partial charge in [0.15, 0.2) is 0 Å². The third kappa shape index (κ3) is 7.27. The van der Waals surface area contributed by atoms with Crippen molar-refractivity contribution in [1.29, 1.82) is 0 Å². The van der Waals surface area contributed by atoms with Crippen LogP contribution in [0.2, 0.25) is 0 Å². The molecule has 7 nitrogen and oxygen atoms in total. The van der Waals surface area contributed by atoms with E-state index in [1.165, 1.54) is 0 Å². The monoisotopic (exact) mass is 571 g/mol. The molecule has 0 aliphatic rings. The van der Waals surface area contributed by atoms with Gasteiger partial charge in [0.25, 0.3) is 11.8 Å². The lowest BCUT2D eigenvalue weighted by atomic mass is 10.1. The summed E-state index contributed by atoms with van der Waals surface area (Å²) in [5.41, 5.74) is 3.76. The Balaban J connectivity index is 1.73. The van der Waals surface area contributed by atoms with Gasteiger partial charge in [-0.25, -0.2) is 4.68 Å². The Morgan fingerprint density at radius 3 is 2.26 bits per heavy atom. The molecule has 2 amide bonds.